The first-order valence-electron chi connectivity index (χ1n) is 9.17. The van der Waals surface area contributed by atoms with Crippen LogP contribution in [-0.4, -0.2) is 6.61 Å². The molecule has 1 atom stereocenters. The maximum absolute atomic E-state index is 5.46. The number of ether oxygens (including phenoxy) is 1. The summed E-state index contributed by atoms with van der Waals surface area (Å²) >= 11 is 0. The van der Waals surface area contributed by atoms with Gasteiger partial charge in [-0.15, -0.1) is 0 Å². The van der Waals surface area contributed by atoms with Crippen molar-refractivity contribution in [1.82, 2.24) is 0 Å². The van der Waals surface area contributed by atoms with Gasteiger partial charge in [0.05, 0.1) is 6.61 Å². The quantitative estimate of drug-likeness (QED) is 0.382. The predicted molar refractivity (Wildman–Crippen MR) is 98.4 cm³/mol. The number of allylic oxidation sites excluding steroid dienone is 1. The Morgan fingerprint density at radius 1 is 0.909 bits per heavy atom. The minimum Gasteiger partial charge on any atom is -0.494 e. The van der Waals surface area contributed by atoms with E-state index in [1.54, 1.807) is 0 Å². The molecule has 0 bridgehead atoms. The van der Waals surface area contributed by atoms with Gasteiger partial charge in [-0.3, -0.25) is 0 Å². The maximum Gasteiger partial charge on any atom is 0.119 e. The zero-order valence-corrected chi connectivity index (χ0v) is 14.8. The van der Waals surface area contributed by atoms with Gasteiger partial charge in [-0.05, 0) is 37.0 Å². The normalized spacial score (nSPS) is 12.7. The zero-order valence-electron chi connectivity index (χ0n) is 14.8. The highest BCUT2D eigenvalue weighted by atomic mass is 16.5. The standard InChI is InChI=1S/C21H34O/c1-4-6-7-8-9-10-11-12-19(3)13-14-20-15-17-21(18-16-20)22-5-2/h13-19H,4-12H2,1-3H3. The molecule has 1 aromatic carbocycles. The molecule has 124 valence electrons. The van der Waals surface area contributed by atoms with Crippen molar-refractivity contribution in [2.45, 2.75) is 72.1 Å². The van der Waals surface area contributed by atoms with Gasteiger partial charge in [0.25, 0.3) is 0 Å². The zero-order chi connectivity index (χ0) is 16.0. The Bertz CT molecular complexity index is 391. The van der Waals surface area contributed by atoms with Crippen molar-refractivity contribution in [2.24, 2.45) is 5.92 Å². The van der Waals surface area contributed by atoms with E-state index in [1.165, 1.54) is 56.9 Å². The van der Waals surface area contributed by atoms with Gasteiger partial charge in [0, 0.05) is 0 Å². The second-order valence-electron chi connectivity index (χ2n) is 6.25. The number of hydrogen-bond acceptors (Lipinski definition) is 1. The molecule has 0 heterocycles. The second-order valence-corrected chi connectivity index (χ2v) is 6.25. The van der Waals surface area contributed by atoms with E-state index in [0.717, 1.165) is 12.4 Å². The van der Waals surface area contributed by atoms with Gasteiger partial charge in [0.15, 0.2) is 0 Å². The molecule has 22 heavy (non-hydrogen) atoms. The van der Waals surface area contributed by atoms with Crippen LogP contribution in [0.15, 0.2) is 30.3 Å². The number of benzene rings is 1. The van der Waals surface area contributed by atoms with Gasteiger partial charge in [-0.1, -0.05) is 83.1 Å². The predicted octanol–water partition coefficient (Wildman–Crippen LogP) is 6.88. The molecule has 0 spiro atoms. The molecule has 0 N–H and O–H groups in total. The summed E-state index contributed by atoms with van der Waals surface area (Å²) < 4.78 is 5.46. The number of rotatable bonds is 12. The molecular formula is C21H34O. The van der Waals surface area contributed by atoms with Crippen molar-refractivity contribution in [3.05, 3.63) is 35.9 Å². The Labute approximate surface area is 137 Å². The van der Waals surface area contributed by atoms with Crippen LogP contribution < -0.4 is 4.74 Å². The molecule has 0 fully saturated rings. The topological polar surface area (TPSA) is 9.23 Å². The van der Waals surface area contributed by atoms with Crippen LogP contribution in [-0.2, 0) is 0 Å². The maximum atomic E-state index is 5.46. The van der Waals surface area contributed by atoms with Gasteiger partial charge in [0.2, 0.25) is 0 Å². The average molecular weight is 303 g/mol. The van der Waals surface area contributed by atoms with Crippen LogP contribution in [0, 0.1) is 5.92 Å². The van der Waals surface area contributed by atoms with Crippen LogP contribution in [0.25, 0.3) is 6.08 Å². The van der Waals surface area contributed by atoms with E-state index in [1.807, 2.05) is 19.1 Å². The van der Waals surface area contributed by atoms with Crippen LogP contribution >= 0.6 is 0 Å². The summed E-state index contributed by atoms with van der Waals surface area (Å²) in [4.78, 5) is 0. The van der Waals surface area contributed by atoms with Crippen LogP contribution in [0.3, 0.4) is 0 Å². The molecular weight excluding hydrogens is 268 g/mol. The number of hydrogen-bond donors (Lipinski definition) is 0. The Kier molecular flexibility index (Phi) is 10.5. The summed E-state index contributed by atoms with van der Waals surface area (Å²) in [7, 11) is 0. The molecule has 0 aliphatic carbocycles. The Balaban J connectivity index is 2.16. The molecule has 0 amide bonds. The Hall–Kier alpha value is -1.24. The van der Waals surface area contributed by atoms with E-state index in [4.69, 9.17) is 4.74 Å². The first kappa shape index (κ1) is 18.8. The minimum absolute atomic E-state index is 0.669. The van der Waals surface area contributed by atoms with Crippen molar-refractivity contribution in [1.29, 1.82) is 0 Å². The highest BCUT2D eigenvalue weighted by Crippen LogP contribution is 2.17. The van der Waals surface area contributed by atoms with Crippen LogP contribution in [0.1, 0.15) is 77.7 Å². The highest BCUT2D eigenvalue weighted by Gasteiger charge is 1.98. The van der Waals surface area contributed by atoms with Gasteiger partial charge < -0.3 is 4.74 Å². The highest BCUT2D eigenvalue weighted by molar-refractivity contribution is 5.50. The first-order chi connectivity index (χ1) is 10.8. The van der Waals surface area contributed by atoms with Gasteiger partial charge in [-0.25, -0.2) is 0 Å². The Morgan fingerprint density at radius 2 is 1.55 bits per heavy atom. The third-order valence-corrected chi connectivity index (χ3v) is 4.07. The lowest BCUT2D eigenvalue weighted by molar-refractivity contribution is 0.340. The number of unbranched alkanes of at least 4 members (excludes halogenated alkanes) is 6. The van der Waals surface area contributed by atoms with Gasteiger partial charge in [-0.2, -0.15) is 0 Å². The van der Waals surface area contributed by atoms with Crippen LogP contribution in [0.4, 0.5) is 0 Å². The van der Waals surface area contributed by atoms with Crippen molar-refractivity contribution in [3.63, 3.8) is 0 Å². The molecule has 0 saturated carbocycles. The fourth-order valence-electron chi connectivity index (χ4n) is 2.64. The second kappa shape index (κ2) is 12.3. The van der Waals surface area contributed by atoms with Crippen molar-refractivity contribution >= 4 is 6.08 Å². The molecule has 0 saturated heterocycles. The lowest BCUT2D eigenvalue weighted by Crippen LogP contribution is -1.91. The van der Waals surface area contributed by atoms with Crippen LogP contribution in [0.2, 0.25) is 0 Å². The van der Waals surface area contributed by atoms with Gasteiger partial charge >= 0.3 is 0 Å². The minimum atomic E-state index is 0.669. The van der Waals surface area contributed by atoms with E-state index >= 15 is 0 Å². The fourth-order valence-corrected chi connectivity index (χ4v) is 2.64. The molecule has 1 unspecified atom stereocenters. The van der Waals surface area contributed by atoms with E-state index in [9.17, 15) is 0 Å². The summed E-state index contributed by atoms with van der Waals surface area (Å²) in [6, 6.07) is 8.35. The third-order valence-electron chi connectivity index (χ3n) is 4.07. The SMILES string of the molecule is CCCCCCCCCC(C)C=Cc1ccc(OCC)cc1. The lowest BCUT2D eigenvalue weighted by Gasteiger charge is -2.06. The molecule has 1 rings (SSSR count). The molecule has 1 heteroatoms. The summed E-state index contributed by atoms with van der Waals surface area (Å²) in [5.41, 5.74) is 1.26. The summed E-state index contributed by atoms with van der Waals surface area (Å²) in [5, 5.41) is 0. The lowest BCUT2D eigenvalue weighted by atomic mass is 10.0. The molecule has 0 radical (unpaired) electrons. The van der Waals surface area contributed by atoms with Crippen molar-refractivity contribution < 1.29 is 4.74 Å². The monoisotopic (exact) mass is 302 g/mol. The van der Waals surface area contributed by atoms with Gasteiger partial charge in [0.1, 0.15) is 5.75 Å². The average Bonchev–Trinajstić information content (AvgIpc) is 2.54. The summed E-state index contributed by atoms with van der Waals surface area (Å²) in [6.45, 7) is 7.34. The van der Waals surface area contributed by atoms with Crippen molar-refractivity contribution in [3.8, 4) is 5.75 Å². The van der Waals surface area contributed by atoms with Crippen LogP contribution in [0.5, 0.6) is 5.75 Å². The van der Waals surface area contributed by atoms with E-state index in [-0.39, 0.29) is 0 Å². The van der Waals surface area contributed by atoms with E-state index in [0.29, 0.717) is 5.92 Å². The van der Waals surface area contributed by atoms with E-state index < -0.39 is 0 Å². The first-order valence-corrected chi connectivity index (χ1v) is 9.17. The van der Waals surface area contributed by atoms with E-state index in [2.05, 4.69) is 38.1 Å². The molecule has 0 aliphatic heterocycles. The Morgan fingerprint density at radius 3 is 2.18 bits per heavy atom. The fraction of sp³-hybridized carbons (Fsp3) is 0.619. The largest absolute Gasteiger partial charge is 0.494 e. The van der Waals surface area contributed by atoms with Crippen molar-refractivity contribution in [2.75, 3.05) is 6.61 Å². The molecule has 1 nitrogen and oxygen atoms in total. The molecule has 0 aliphatic rings. The third kappa shape index (κ3) is 8.92. The summed E-state index contributed by atoms with van der Waals surface area (Å²) in [5.74, 6) is 1.62. The molecule has 0 aromatic heterocycles. The summed E-state index contributed by atoms with van der Waals surface area (Å²) in [6.07, 6.45) is 15.6. The molecule has 1 aromatic rings. The smallest absolute Gasteiger partial charge is 0.119 e.